The van der Waals surface area contributed by atoms with Crippen molar-refractivity contribution in [1.82, 2.24) is 9.47 Å². The first kappa shape index (κ1) is 12.5. The largest absolute Gasteiger partial charge is 0.369 e. The van der Waals surface area contributed by atoms with Crippen LogP contribution in [0.5, 0.6) is 0 Å². The molecular formula is C17H19N3O. The van der Waals surface area contributed by atoms with E-state index in [1.165, 1.54) is 5.56 Å². The van der Waals surface area contributed by atoms with E-state index in [1.54, 1.807) is 0 Å². The number of hydrogen-bond donors (Lipinski definition) is 1. The molecule has 2 aliphatic rings. The molecule has 0 bridgehead atoms. The summed E-state index contributed by atoms with van der Waals surface area (Å²) in [5.41, 5.74) is 3.13. The van der Waals surface area contributed by atoms with Crippen LogP contribution in [-0.2, 0) is 6.54 Å². The van der Waals surface area contributed by atoms with Gasteiger partial charge in [0.2, 0.25) is 0 Å². The molecule has 0 aliphatic carbocycles. The molecule has 1 N–H and O–H groups in total. The summed E-state index contributed by atoms with van der Waals surface area (Å²) in [5.74, 6) is 1.17. The minimum absolute atomic E-state index is 0.174. The van der Waals surface area contributed by atoms with Crippen molar-refractivity contribution in [2.75, 3.05) is 25.0 Å². The fraction of sp³-hybridized carbons (Fsp3) is 0.353. The zero-order chi connectivity index (χ0) is 14.2. The lowest BCUT2D eigenvalue weighted by molar-refractivity contribution is 0.0794. The summed E-state index contributed by atoms with van der Waals surface area (Å²) in [6, 6.07) is 12.4. The van der Waals surface area contributed by atoms with Crippen LogP contribution in [0, 0.1) is 0 Å². The van der Waals surface area contributed by atoms with Gasteiger partial charge < -0.3 is 14.8 Å². The van der Waals surface area contributed by atoms with Gasteiger partial charge in [-0.25, -0.2) is 0 Å². The molecule has 1 aromatic carbocycles. The van der Waals surface area contributed by atoms with E-state index >= 15 is 0 Å². The zero-order valence-corrected chi connectivity index (χ0v) is 12.0. The Hall–Kier alpha value is -2.23. The average molecular weight is 281 g/mol. The van der Waals surface area contributed by atoms with Gasteiger partial charge in [-0.1, -0.05) is 30.3 Å². The molecule has 4 rings (SSSR count). The van der Waals surface area contributed by atoms with Crippen LogP contribution in [0.3, 0.4) is 0 Å². The standard InChI is InChI=1S/C17H19N3O/c21-17(19-9-4-5-10-19)14-12-15(13-6-2-1-3-7-13)20-11-8-18-16(14)20/h1-3,6-7,12,18H,4-5,8-11H2. The van der Waals surface area contributed by atoms with Crippen molar-refractivity contribution in [3.63, 3.8) is 0 Å². The van der Waals surface area contributed by atoms with Gasteiger partial charge in [0.05, 0.1) is 11.3 Å². The quantitative estimate of drug-likeness (QED) is 0.919. The Labute approximate surface area is 124 Å². The summed E-state index contributed by atoms with van der Waals surface area (Å²) < 4.78 is 2.23. The SMILES string of the molecule is O=C(c1cc(-c2ccccc2)n2c1NCC2)N1CCCC1. The number of anilines is 1. The van der Waals surface area contributed by atoms with Gasteiger partial charge in [0, 0.05) is 26.2 Å². The summed E-state index contributed by atoms with van der Waals surface area (Å²) in [4.78, 5) is 14.7. The van der Waals surface area contributed by atoms with Crippen molar-refractivity contribution in [1.29, 1.82) is 0 Å². The van der Waals surface area contributed by atoms with E-state index in [9.17, 15) is 4.79 Å². The number of amides is 1. The second-order valence-corrected chi connectivity index (χ2v) is 5.74. The summed E-state index contributed by atoms with van der Waals surface area (Å²) in [7, 11) is 0. The second-order valence-electron chi connectivity index (χ2n) is 5.74. The second kappa shape index (κ2) is 4.95. The van der Waals surface area contributed by atoms with Crippen molar-refractivity contribution in [2.24, 2.45) is 0 Å². The molecule has 0 spiro atoms. The van der Waals surface area contributed by atoms with Gasteiger partial charge in [0.15, 0.2) is 0 Å². The first-order valence-corrected chi connectivity index (χ1v) is 7.67. The molecule has 4 nitrogen and oxygen atoms in total. The predicted molar refractivity (Wildman–Crippen MR) is 83.5 cm³/mol. The van der Waals surface area contributed by atoms with Gasteiger partial charge in [0.1, 0.15) is 5.82 Å². The molecule has 1 amide bonds. The first-order valence-electron chi connectivity index (χ1n) is 7.67. The van der Waals surface area contributed by atoms with E-state index in [0.717, 1.165) is 56.1 Å². The highest BCUT2D eigenvalue weighted by Crippen LogP contribution is 2.33. The lowest BCUT2D eigenvalue weighted by Crippen LogP contribution is -2.27. The third-order valence-electron chi connectivity index (χ3n) is 4.42. The molecule has 1 saturated heterocycles. The zero-order valence-electron chi connectivity index (χ0n) is 12.0. The molecule has 2 aromatic rings. The van der Waals surface area contributed by atoms with E-state index in [-0.39, 0.29) is 5.91 Å². The number of carbonyl (C=O) groups excluding carboxylic acids is 1. The number of nitrogens with one attached hydrogen (secondary N) is 1. The van der Waals surface area contributed by atoms with Crippen LogP contribution in [0.2, 0.25) is 0 Å². The highest BCUT2D eigenvalue weighted by atomic mass is 16.2. The van der Waals surface area contributed by atoms with Crippen molar-refractivity contribution in [2.45, 2.75) is 19.4 Å². The van der Waals surface area contributed by atoms with Crippen LogP contribution in [0.15, 0.2) is 36.4 Å². The molecule has 21 heavy (non-hydrogen) atoms. The maximum Gasteiger partial charge on any atom is 0.257 e. The molecule has 0 saturated carbocycles. The van der Waals surface area contributed by atoms with Gasteiger partial charge in [0.25, 0.3) is 5.91 Å². The normalized spacial score (nSPS) is 16.9. The third kappa shape index (κ3) is 2.02. The van der Waals surface area contributed by atoms with Crippen molar-refractivity contribution in [3.8, 4) is 11.3 Å². The molecule has 1 fully saturated rings. The number of fused-ring (bicyclic) bond motifs is 1. The Morgan fingerprint density at radius 1 is 1.05 bits per heavy atom. The summed E-state index contributed by atoms with van der Waals surface area (Å²) >= 11 is 0. The van der Waals surface area contributed by atoms with Crippen molar-refractivity contribution in [3.05, 3.63) is 42.0 Å². The number of hydrogen-bond acceptors (Lipinski definition) is 2. The topological polar surface area (TPSA) is 37.3 Å². The average Bonchev–Trinajstić information content (AvgIpc) is 3.24. The molecule has 2 aliphatic heterocycles. The van der Waals surface area contributed by atoms with Crippen LogP contribution in [-0.4, -0.2) is 35.0 Å². The molecule has 3 heterocycles. The van der Waals surface area contributed by atoms with Crippen LogP contribution in [0.1, 0.15) is 23.2 Å². The Morgan fingerprint density at radius 2 is 1.81 bits per heavy atom. The minimum atomic E-state index is 0.174. The predicted octanol–water partition coefficient (Wildman–Crippen LogP) is 2.82. The molecule has 108 valence electrons. The highest BCUT2D eigenvalue weighted by molar-refractivity contribution is 6.01. The van der Waals surface area contributed by atoms with Gasteiger partial charge in [-0.3, -0.25) is 4.79 Å². The summed E-state index contributed by atoms with van der Waals surface area (Å²) in [5, 5.41) is 3.38. The Kier molecular flexibility index (Phi) is 2.95. The van der Waals surface area contributed by atoms with Crippen LogP contribution >= 0.6 is 0 Å². The summed E-state index contributed by atoms with van der Waals surface area (Å²) in [6.07, 6.45) is 2.25. The number of nitrogens with zero attached hydrogens (tertiary/aromatic N) is 2. The van der Waals surface area contributed by atoms with E-state index in [4.69, 9.17) is 0 Å². The maximum atomic E-state index is 12.7. The maximum absolute atomic E-state index is 12.7. The number of carbonyl (C=O) groups is 1. The van der Waals surface area contributed by atoms with E-state index in [0.29, 0.717) is 0 Å². The van der Waals surface area contributed by atoms with Crippen LogP contribution in [0.4, 0.5) is 5.82 Å². The lowest BCUT2D eigenvalue weighted by atomic mass is 10.1. The number of benzene rings is 1. The first-order chi connectivity index (χ1) is 10.3. The molecule has 1 aromatic heterocycles. The fourth-order valence-corrected chi connectivity index (χ4v) is 3.36. The van der Waals surface area contributed by atoms with Crippen molar-refractivity contribution >= 4 is 11.7 Å². The molecular weight excluding hydrogens is 262 g/mol. The molecule has 0 atom stereocenters. The smallest absolute Gasteiger partial charge is 0.257 e. The lowest BCUT2D eigenvalue weighted by Gasteiger charge is -2.14. The number of aromatic nitrogens is 1. The van der Waals surface area contributed by atoms with Crippen LogP contribution < -0.4 is 5.32 Å². The van der Waals surface area contributed by atoms with E-state index in [2.05, 4.69) is 28.1 Å². The van der Waals surface area contributed by atoms with Crippen LogP contribution in [0.25, 0.3) is 11.3 Å². The van der Waals surface area contributed by atoms with Gasteiger partial charge in [-0.2, -0.15) is 0 Å². The Bertz CT molecular complexity index is 669. The highest BCUT2D eigenvalue weighted by Gasteiger charge is 2.28. The van der Waals surface area contributed by atoms with E-state index < -0.39 is 0 Å². The Morgan fingerprint density at radius 3 is 2.57 bits per heavy atom. The molecule has 0 unspecified atom stereocenters. The van der Waals surface area contributed by atoms with E-state index in [1.807, 2.05) is 23.1 Å². The number of rotatable bonds is 2. The number of likely N-dealkylation sites (tertiary alicyclic amines) is 1. The van der Waals surface area contributed by atoms with Gasteiger partial charge in [-0.15, -0.1) is 0 Å². The summed E-state index contributed by atoms with van der Waals surface area (Å²) in [6.45, 7) is 3.61. The third-order valence-corrected chi connectivity index (χ3v) is 4.42. The molecule has 0 radical (unpaired) electrons. The minimum Gasteiger partial charge on any atom is -0.369 e. The van der Waals surface area contributed by atoms with Gasteiger partial charge in [-0.05, 0) is 24.5 Å². The monoisotopic (exact) mass is 281 g/mol. The fourth-order valence-electron chi connectivity index (χ4n) is 3.36. The van der Waals surface area contributed by atoms with Gasteiger partial charge >= 0.3 is 0 Å². The Balaban J connectivity index is 1.77. The molecule has 4 heteroatoms. The van der Waals surface area contributed by atoms with Crippen molar-refractivity contribution < 1.29 is 4.79 Å².